The molecule has 2 aromatic heterocycles. The summed E-state index contributed by atoms with van der Waals surface area (Å²) in [6.45, 7) is 0.766. The second kappa shape index (κ2) is 6.92. The molecule has 7 heteroatoms. The summed E-state index contributed by atoms with van der Waals surface area (Å²) in [4.78, 5) is 8.74. The highest BCUT2D eigenvalue weighted by molar-refractivity contribution is 5.87. The minimum absolute atomic E-state index is 0.279. The Labute approximate surface area is 161 Å². The Morgan fingerprint density at radius 1 is 1.11 bits per heavy atom. The molecule has 0 amide bonds. The molecule has 2 atom stereocenters. The van der Waals surface area contributed by atoms with Crippen LogP contribution < -0.4 is 10.6 Å². The van der Waals surface area contributed by atoms with Gasteiger partial charge in [-0.15, -0.1) is 0 Å². The first-order valence-electron chi connectivity index (χ1n) is 9.28. The van der Waals surface area contributed by atoms with Gasteiger partial charge in [-0.1, -0.05) is 24.3 Å². The zero-order valence-electron chi connectivity index (χ0n) is 15.1. The lowest BCUT2D eigenvalue weighted by atomic mass is 9.90. The third-order valence-electron chi connectivity index (χ3n) is 5.17. The Balaban J connectivity index is 1.32. The molecule has 5 rings (SSSR count). The lowest BCUT2D eigenvalue weighted by molar-refractivity contribution is 0.620. The van der Waals surface area contributed by atoms with Crippen molar-refractivity contribution in [2.45, 2.75) is 12.5 Å². The van der Waals surface area contributed by atoms with E-state index in [0.717, 1.165) is 29.9 Å². The molecule has 1 aromatic carbocycles. The zero-order valence-corrected chi connectivity index (χ0v) is 15.1. The predicted octanol–water partition coefficient (Wildman–Crippen LogP) is 3.35. The van der Waals surface area contributed by atoms with Crippen molar-refractivity contribution in [2.75, 3.05) is 11.9 Å². The number of nitrogens with one attached hydrogen (secondary N) is 2. The van der Waals surface area contributed by atoms with Crippen LogP contribution in [-0.2, 0) is 0 Å². The van der Waals surface area contributed by atoms with Gasteiger partial charge in [-0.25, -0.2) is 19.0 Å². The van der Waals surface area contributed by atoms with Crippen LogP contribution in [-0.4, -0.2) is 32.3 Å². The van der Waals surface area contributed by atoms with Crippen molar-refractivity contribution in [3.63, 3.8) is 0 Å². The van der Waals surface area contributed by atoms with E-state index in [9.17, 15) is 4.39 Å². The molecule has 6 nitrogen and oxygen atoms in total. The van der Waals surface area contributed by atoms with Gasteiger partial charge in [0.15, 0.2) is 5.65 Å². The highest BCUT2D eigenvalue weighted by atomic mass is 19.1. The van der Waals surface area contributed by atoms with E-state index >= 15 is 0 Å². The van der Waals surface area contributed by atoms with Crippen molar-refractivity contribution in [3.8, 4) is 5.69 Å². The Kier molecular flexibility index (Phi) is 4.12. The van der Waals surface area contributed by atoms with Crippen LogP contribution in [0.1, 0.15) is 6.42 Å². The monoisotopic (exact) mass is 374 g/mol. The third-order valence-corrected chi connectivity index (χ3v) is 5.17. The van der Waals surface area contributed by atoms with Crippen LogP contribution in [0.2, 0.25) is 0 Å². The molecule has 3 heterocycles. The first kappa shape index (κ1) is 16.7. The number of hydrogen-bond acceptors (Lipinski definition) is 5. The molecular formula is C21H19FN6. The quantitative estimate of drug-likeness (QED) is 0.717. The van der Waals surface area contributed by atoms with Gasteiger partial charge in [-0.05, 0) is 42.5 Å². The van der Waals surface area contributed by atoms with Crippen LogP contribution in [0.25, 0.3) is 16.7 Å². The molecule has 0 bridgehead atoms. The number of fused-ring (bicyclic) bond motifs is 2. The maximum atomic E-state index is 13.2. The number of nitrogens with zero attached hydrogens (tertiary/aromatic N) is 4. The normalized spacial score (nSPS) is 20.1. The third kappa shape index (κ3) is 2.94. The molecular weight excluding hydrogens is 355 g/mol. The molecule has 0 spiro atoms. The van der Waals surface area contributed by atoms with E-state index in [-0.39, 0.29) is 5.82 Å². The molecule has 2 N–H and O–H groups in total. The van der Waals surface area contributed by atoms with Crippen molar-refractivity contribution in [3.05, 3.63) is 78.7 Å². The van der Waals surface area contributed by atoms with Crippen molar-refractivity contribution in [2.24, 2.45) is 5.92 Å². The highest BCUT2D eigenvalue weighted by Crippen LogP contribution is 2.28. The van der Waals surface area contributed by atoms with E-state index in [1.807, 2.05) is 0 Å². The van der Waals surface area contributed by atoms with E-state index in [4.69, 9.17) is 0 Å². The molecule has 0 saturated carbocycles. The fourth-order valence-electron chi connectivity index (χ4n) is 3.74. The van der Waals surface area contributed by atoms with E-state index in [1.54, 1.807) is 23.0 Å². The Hall–Kier alpha value is -3.48. The Bertz CT molecular complexity index is 1100. The number of allylic oxidation sites excluding steroid dienone is 2. The summed E-state index contributed by atoms with van der Waals surface area (Å²) in [5.41, 5.74) is 2.82. The number of anilines is 1. The number of aromatic nitrogens is 4. The summed E-state index contributed by atoms with van der Waals surface area (Å²) >= 11 is 0. The summed E-state index contributed by atoms with van der Waals surface area (Å²) in [5, 5.41) is 12.1. The van der Waals surface area contributed by atoms with Crippen LogP contribution in [0, 0.1) is 11.7 Å². The molecule has 0 fully saturated rings. The van der Waals surface area contributed by atoms with E-state index in [0.29, 0.717) is 17.6 Å². The van der Waals surface area contributed by atoms with E-state index in [2.05, 4.69) is 56.2 Å². The predicted molar refractivity (Wildman–Crippen MR) is 107 cm³/mol. The van der Waals surface area contributed by atoms with Gasteiger partial charge in [0, 0.05) is 12.5 Å². The maximum Gasteiger partial charge on any atom is 0.168 e. The Morgan fingerprint density at radius 2 is 1.96 bits per heavy atom. The van der Waals surface area contributed by atoms with Gasteiger partial charge in [0.25, 0.3) is 0 Å². The molecule has 140 valence electrons. The lowest BCUT2D eigenvalue weighted by Crippen LogP contribution is -2.25. The van der Waals surface area contributed by atoms with Gasteiger partial charge in [0.1, 0.15) is 18.0 Å². The van der Waals surface area contributed by atoms with E-state index in [1.165, 1.54) is 24.0 Å². The van der Waals surface area contributed by atoms with Gasteiger partial charge in [-0.3, -0.25) is 0 Å². The minimum Gasteiger partial charge on any atom is -0.384 e. The summed E-state index contributed by atoms with van der Waals surface area (Å²) in [5.74, 6) is 0.900. The topological polar surface area (TPSA) is 67.7 Å². The fourth-order valence-corrected chi connectivity index (χ4v) is 3.74. The number of rotatable bonds is 5. The van der Waals surface area contributed by atoms with Crippen molar-refractivity contribution < 1.29 is 4.39 Å². The van der Waals surface area contributed by atoms with Crippen molar-refractivity contribution in [1.29, 1.82) is 0 Å². The van der Waals surface area contributed by atoms with E-state index < -0.39 is 0 Å². The second-order valence-electron chi connectivity index (χ2n) is 6.88. The average Bonchev–Trinajstić information content (AvgIpc) is 3.34. The lowest BCUT2D eigenvalue weighted by Gasteiger charge is -2.19. The van der Waals surface area contributed by atoms with Crippen LogP contribution in [0.5, 0.6) is 0 Å². The Morgan fingerprint density at radius 3 is 2.86 bits per heavy atom. The van der Waals surface area contributed by atoms with Gasteiger partial charge in [0.2, 0.25) is 0 Å². The minimum atomic E-state index is -0.279. The number of halogens is 1. The molecule has 28 heavy (non-hydrogen) atoms. The molecule has 3 aromatic rings. The standard InChI is InChI=1S/C21H19FN6/c22-15-5-7-16(8-6-15)28-21-18(12-27-28)20(25-13-26-21)23-10-9-14-11-24-19-4-2-1-3-17(14)19/h1-8,11-13,17,19,24H,9-10H2,(H,23,25,26). The number of benzene rings is 1. The van der Waals surface area contributed by atoms with Crippen LogP contribution >= 0.6 is 0 Å². The van der Waals surface area contributed by atoms with Crippen molar-refractivity contribution in [1.82, 2.24) is 25.1 Å². The van der Waals surface area contributed by atoms with Crippen LogP contribution in [0.4, 0.5) is 10.2 Å². The SMILES string of the molecule is Fc1ccc(-n2ncc3c(NCCC4=CNC5C=CC=CC45)ncnc32)cc1. The highest BCUT2D eigenvalue weighted by Gasteiger charge is 2.26. The summed E-state index contributed by atoms with van der Waals surface area (Å²) in [7, 11) is 0. The smallest absolute Gasteiger partial charge is 0.168 e. The van der Waals surface area contributed by atoms with Crippen molar-refractivity contribution >= 4 is 16.9 Å². The van der Waals surface area contributed by atoms with Crippen LogP contribution in [0.15, 0.2) is 72.9 Å². The molecule has 1 aliphatic carbocycles. The van der Waals surface area contributed by atoms with Gasteiger partial charge in [-0.2, -0.15) is 5.10 Å². The second-order valence-corrected chi connectivity index (χ2v) is 6.88. The van der Waals surface area contributed by atoms with Gasteiger partial charge >= 0.3 is 0 Å². The average molecular weight is 374 g/mol. The summed E-state index contributed by atoms with van der Waals surface area (Å²) < 4.78 is 14.9. The fraction of sp³-hybridized carbons (Fsp3) is 0.190. The molecule has 0 saturated heterocycles. The zero-order chi connectivity index (χ0) is 18.9. The maximum absolute atomic E-state index is 13.2. The molecule has 2 aliphatic rings. The molecule has 1 aliphatic heterocycles. The summed E-state index contributed by atoms with van der Waals surface area (Å²) in [6.07, 6.45) is 14.9. The molecule has 0 radical (unpaired) electrons. The molecule has 2 unspecified atom stereocenters. The largest absolute Gasteiger partial charge is 0.384 e. The van der Waals surface area contributed by atoms with Crippen LogP contribution in [0.3, 0.4) is 0 Å². The van der Waals surface area contributed by atoms with Gasteiger partial charge < -0.3 is 10.6 Å². The summed E-state index contributed by atoms with van der Waals surface area (Å²) in [6, 6.07) is 6.56. The first-order valence-corrected chi connectivity index (χ1v) is 9.28. The first-order chi connectivity index (χ1) is 13.8. The number of hydrogen-bond donors (Lipinski definition) is 2. The van der Waals surface area contributed by atoms with Gasteiger partial charge in [0.05, 0.1) is 23.3 Å².